The molecule has 0 amide bonds. The van der Waals surface area contributed by atoms with Gasteiger partial charge in [0.15, 0.2) is 11.8 Å². The molecule has 2 atom stereocenters. The highest BCUT2D eigenvalue weighted by molar-refractivity contribution is 5.80. The molecule has 1 aliphatic heterocycles. The molecule has 2 aromatic rings. The minimum Gasteiger partial charge on any atom is -0.376 e. The summed E-state index contributed by atoms with van der Waals surface area (Å²) in [5, 5.41) is 15.2. The van der Waals surface area contributed by atoms with Crippen LogP contribution in [0.2, 0.25) is 0 Å². The van der Waals surface area contributed by atoms with Gasteiger partial charge in [-0.1, -0.05) is 30.3 Å². The fourth-order valence-corrected chi connectivity index (χ4v) is 2.94. The van der Waals surface area contributed by atoms with E-state index in [1.165, 1.54) is 5.56 Å². The molecule has 2 N–H and O–H groups in total. The van der Waals surface area contributed by atoms with Crippen molar-refractivity contribution in [3.8, 4) is 0 Å². The Bertz CT molecular complexity index is 721. The van der Waals surface area contributed by atoms with Crippen LogP contribution in [0.1, 0.15) is 43.0 Å². The average Bonchev–Trinajstić information content (AvgIpc) is 3.29. The van der Waals surface area contributed by atoms with Crippen molar-refractivity contribution in [2.75, 3.05) is 13.2 Å². The molecule has 7 nitrogen and oxygen atoms in total. The minimum atomic E-state index is 0.146. The van der Waals surface area contributed by atoms with Crippen molar-refractivity contribution in [1.29, 1.82) is 0 Å². The van der Waals surface area contributed by atoms with Gasteiger partial charge in [-0.25, -0.2) is 4.99 Å². The van der Waals surface area contributed by atoms with Crippen molar-refractivity contribution in [2.45, 2.75) is 45.4 Å². The van der Waals surface area contributed by atoms with E-state index in [-0.39, 0.29) is 12.1 Å². The number of hydrogen-bond acceptors (Lipinski definition) is 4. The molecule has 0 saturated carbocycles. The predicted octanol–water partition coefficient (Wildman–Crippen LogP) is 2.10. The first-order valence-corrected chi connectivity index (χ1v) is 9.19. The number of rotatable bonds is 6. The van der Waals surface area contributed by atoms with Crippen LogP contribution in [0.15, 0.2) is 35.3 Å². The van der Waals surface area contributed by atoms with Gasteiger partial charge < -0.3 is 19.9 Å². The number of aryl methyl sites for hydroxylation is 1. The summed E-state index contributed by atoms with van der Waals surface area (Å²) in [6, 6.07) is 10.5. The molecule has 1 aromatic heterocycles. The van der Waals surface area contributed by atoms with Crippen molar-refractivity contribution >= 4 is 5.96 Å². The molecular weight excluding hydrogens is 328 g/mol. The zero-order valence-electron chi connectivity index (χ0n) is 15.8. The molecule has 2 unspecified atom stereocenters. The van der Waals surface area contributed by atoms with Crippen LogP contribution >= 0.6 is 0 Å². The highest BCUT2D eigenvalue weighted by Crippen LogP contribution is 2.12. The molecule has 0 radical (unpaired) electrons. The van der Waals surface area contributed by atoms with E-state index >= 15 is 0 Å². The zero-order valence-corrected chi connectivity index (χ0v) is 15.8. The summed E-state index contributed by atoms with van der Waals surface area (Å²) >= 11 is 0. The molecular formula is C19H28N6O. The van der Waals surface area contributed by atoms with E-state index in [0.717, 1.165) is 43.6 Å². The molecule has 7 heteroatoms. The summed E-state index contributed by atoms with van der Waals surface area (Å²) in [5.74, 6) is 2.49. The highest BCUT2D eigenvalue weighted by atomic mass is 16.5. The first-order chi connectivity index (χ1) is 12.6. The summed E-state index contributed by atoms with van der Waals surface area (Å²) in [6.45, 7) is 6.15. The molecule has 26 heavy (non-hydrogen) atoms. The van der Waals surface area contributed by atoms with Gasteiger partial charge in [0.1, 0.15) is 12.4 Å². The van der Waals surface area contributed by atoms with Gasteiger partial charge >= 0.3 is 0 Å². The number of guanidine groups is 1. The van der Waals surface area contributed by atoms with Crippen LogP contribution in [0.5, 0.6) is 0 Å². The molecule has 1 fully saturated rings. The Morgan fingerprint density at radius 3 is 2.81 bits per heavy atom. The van der Waals surface area contributed by atoms with E-state index in [4.69, 9.17) is 9.73 Å². The largest absolute Gasteiger partial charge is 0.376 e. The normalized spacial score (nSPS) is 18.7. The lowest BCUT2D eigenvalue weighted by Gasteiger charge is -2.20. The van der Waals surface area contributed by atoms with Crippen LogP contribution in [0.25, 0.3) is 0 Å². The van der Waals surface area contributed by atoms with Crippen molar-refractivity contribution in [3.05, 3.63) is 47.5 Å². The Balaban J connectivity index is 1.67. The number of nitrogens with zero attached hydrogens (tertiary/aromatic N) is 4. The summed E-state index contributed by atoms with van der Waals surface area (Å²) < 4.78 is 7.67. The SMILES string of the molecule is Cc1nnc(CN=C(NCC2CCCO2)NC(C)c2ccccc2)n1C. The molecule has 0 bridgehead atoms. The maximum Gasteiger partial charge on any atom is 0.192 e. The van der Waals surface area contributed by atoms with E-state index < -0.39 is 0 Å². The second-order valence-corrected chi connectivity index (χ2v) is 6.68. The third-order valence-corrected chi connectivity index (χ3v) is 4.74. The Morgan fingerprint density at radius 2 is 2.15 bits per heavy atom. The Morgan fingerprint density at radius 1 is 1.35 bits per heavy atom. The minimum absolute atomic E-state index is 0.146. The lowest BCUT2D eigenvalue weighted by atomic mass is 10.1. The molecule has 140 valence electrons. The maximum absolute atomic E-state index is 5.71. The number of hydrogen-bond donors (Lipinski definition) is 2. The Hall–Kier alpha value is -2.41. The zero-order chi connectivity index (χ0) is 18.4. The average molecular weight is 356 g/mol. The van der Waals surface area contributed by atoms with Crippen molar-refractivity contribution in [3.63, 3.8) is 0 Å². The Labute approximate surface area is 154 Å². The van der Waals surface area contributed by atoms with Crippen LogP contribution in [0.3, 0.4) is 0 Å². The summed E-state index contributed by atoms with van der Waals surface area (Å²) in [4.78, 5) is 4.71. The summed E-state index contributed by atoms with van der Waals surface area (Å²) in [6.07, 6.45) is 2.48. The van der Waals surface area contributed by atoms with Crippen molar-refractivity contribution < 1.29 is 4.74 Å². The van der Waals surface area contributed by atoms with Crippen LogP contribution in [-0.2, 0) is 18.3 Å². The topological polar surface area (TPSA) is 76.4 Å². The number of ether oxygens (including phenoxy) is 1. The third kappa shape index (κ3) is 4.82. The molecule has 0 aliphatic carbocycles. The summed E-state index contributed by atoms with van der Waals surface area (Å²) in [5.41, 5.74) is 1.22. The summed E-state index contributed by atoms with van der Waals surface area (Å²) in [7, 11) is 1.96. The van der Waals surface area contributed by atoms with Gasteiger partial charge in [-0.2, -0.15) is 0 Å². The maximum atomic E-state index is 5.71. The quantitative estimate of drug-likeness (QED) is 0.612. The van der Waals surface area contributed by atoms with Gasteiger partial charge in [0.25, 0.3) is 0 Å². The lowest BCUT2D eigenvalue weighted by molar-refractivity contribution is 0.113. The first-order valence-electron chi connectivity index (χ1n) is 9.19. The third-order valence-electron chi connectivity index (χ3n) is 4.74. The smallest absolute Gasteiger partial charge is 0.192 e. The van der Waals surface area contributed by atoms with E-state index in [9.17, 15) is 0 Å². The van der Waals surface area contributed by atoms with Crippen LogP contribution in [0, 0.1) is 6.92 Å². The van der Waals surface area contributed by atoms with Gasteiger partial charge in [-0.05, 0) is 32.3 Å². The van der Waals surface area contributed by atoms with Crippen LogP contribution in [0.4, 0.5) is 0 Å². The molecule has 3 rings (SSSR count). The van der Waals surface area contributed by atoms with E-state index in [0.29, 0.717) is 6.54 Å². The van der Waals surface area contributed by atoms with Gasteiger partial charge in [0.2, 0.25) is 0 Å². The van der Waals surface area contributed by atoms with E-state index in [1.54, 1.807) is 0 Å². The number of aromatic nitrogens is 3. The molecule has 0 spiro atoms. The van der Waals surface area contributed by atoms with Gasteiger partial charge in [-0.3, -0.25) is 0 Å². The number of nitrogens with one attached hydrogen (secondary N) is 2. The molecule has 2 heterocycles. The molecule has 1 aliphatic rings. The monoisotopic (exact) mass is 356 g/mol. The number of benzene rings is 1. The number of aliphatic imine (C=N–C) groups is 1. The second kappa shape index (κ2) is 8.80. The van der Waals surface area contributed by atoms with E-state index in [1.807, 2.05) is 36.7 Å². The van der Waals surface area contributed by atoms with Gasteiger partial charge in [-0.15, -0.1) is 10.2 Å². The van der Waals surface area contributed by atoms with Crippen molar-refractivity contribution in [2.24, 2.45) is 12.0 Å². The standard InChI is InChI=1S/C19H28N6O/c1-14(16-8-5-4-6-9-16)22-19(20-12-17-10-7-11-26-17)21-13-18-24-23-15(2)25(18)3/h4-6,8-9,14,17H,7,10-13H2,1-3H3,(H2,20,21,22). The van der Waals surface area contributed by atoms with Gasteiger partial charge in [0, 0.05) is 20.2 Å². The van der Waals surface area contributed by atoms with E-state index in [2.05, 4.69) is 39.9 Å². The van der Waals surface area contributed by atoms with Crippen molar-refractivity contribution in [1.82, 2.24) is 25.4 Å². The van der Waals surface area contributed by atoms with Crippen LogP contribution in [-0.4, -0.2) is 40.0 Å². The second-order valence-electron chi connectivity index (χ2n) is 6.68. The first kappa shape index (κ1) is 18.4. The highest BCUT2D eigenvalue weighted by Gasteiger charge is 2.16. The fraction of sp³-hybridized carbons (Fsp3) is 0.526. The lowest BCUT2D eigenvalue weighted by Crippen LogP contribution is -2.42. The fourth-order valence-electron chi connectivity index (χ4n) is 2.94. The van der Waals surface area contributed by atoms with Crippen LogP contribution < -0.4 is 10.6 Å². The Kier molecular flexibility index (Phi) is 6.22. The van der Waals surface area contributed by atoms with Gasteiger partial charge in [0.05, 0.1) is 12.1 Å². The molecule has 1 aromatic carbocycles. The molecule has 1 saturated heterocycles. The predicted molar refractivity (Wildman–Crippen MR) is 102 cm³/mol.